The van der Waals surface area contributed by atoms with E-state index >= 15 is 0 Å². The van der Waals surface area contributed by atoms with Gasteiger partial charge < -0.3 is 5.32 Å². The van der Waals surface area contributed by atoms with Gasteiger partial charge in [-0.1, -0.05) is 5.21 Å². The van der Waals surface area contributed by atoms with E-state index in [9.17, 15) is 0 Å². The molecule has 0 atom stereocenters. The maximum absolute atomic E-state index is 4.00. The van der Waals surface area contributed by atoms with Gasteiger partial charge in [0.25, 0.3) is 0 Å². The van der Waals surface area contributed by atoms with Crippen molar-refractivity contribution in [2.45, 2.75) is 18.4 Å². The number of hydrogen-bond donors (Lipinski definition) is 2. The van der Waals surface area contributed by atoms with Crippen LogP contribution < -0.4 is 5.32 Å². The number of aromatic amines is 1. The zero-order valence-electron chi connectivity index (χ0n) is 6.04. The molecule has 58 valence electrons. The highest BCUT2D eigenvalue weighted by molar-refractivity contribution is 5.16. The maximum Gasteiger partial charge on any atom is 0.194 e. The summed E-state index contributed by atoms with van der Waals surface area (Å²) in [7, 11) is 0. The van der Waals surface area contributed by atoms with Crippen LogP contribution in [0.1, 0.15) is 18.7 Å². The molecule has 1 saturated carbocycles. The minimum atomic E-state index is 0.0949. The zero-order chi connectivity index (χ0) is 7.31. The molecular weight excluding hydrogens is 142 g/mol. The Morgan fingerprint density at radius 1 is 1.45 bits per heavy atom. The molecule has 0 radical (unpaired) electrons. The van der Waals surface area contributed by atoms with Crippen LogP contribution in [0.2, 0.25) is 0 Å². The van der Waals surface area contributed by atoms with Crippen molar-refractivity contribution >= 4 is 0 Å². The van der Waals surface area contributed by atoms with Crippen LogP contribution in [-0.2, 0) is 5.54 Å². The van der Waals surface area contributed by atoms with Crippen LogP contribution in [0.3, 0.4) is 0 Å². The highest BCUT2D eigenvalue weighted by Gasteiger charge is 2.53. The molecular formula is C6H9N5. The van der Waals surface area contributed by atoms with E-state index in [2.05, 4.69) is 25.9 Å². The van der Waals surface area contributed by atoms with Gasteiger partial charge in [0.1, 0.15) is 0 Å². The summed E-state index contributed by atoms with van der Waals surface area (Å²) in [5.41, 5.74) is 0.0949. The van der Waals surface area contributed by atoms with Crippen molar-refractivity contribution in [1.29, 1.82) is 0 Å². The predicted octanol–water partition coefficient (Wildman–Crippen LogP) is -0.592. The van der Waals surface area contributed by atoms with Crippen molar-refractivity contribution in [3.05, 3.63) is 5.82 Å². The third-order valence-corrected chi connectivity index (χ3v) is 2.78. The second kappa shape index (κ2) is 1.61. The first-order chi connectivity index (χ1) is 5.39. The van der Waals surface area contributed by atoms with Crippen molar-refractivity contribution in [1.82, 2.24) is 25.9 Å². The van der Waals surface area contributed by atoms with Crippen LogP contribution in [0.15, 0.2) is 0 Å². The van der Waals surface area contributed by atoms with Gasteiger partial charge in [-0.3, -0.25) is 0 Å². The largest absolute Gasteiger partial charge is 0.304 e. The van der Waals surface area contributed by atoms with Crippen LogP contribution in [-0.4, -0.2) is 27.2 Å². The third kappa shape index (κ3) is 0.568. The predicted molar refractivity (Wildman–Crippen MR) is 36.6 cm³/mol. The number of tetrazole rings is 1. The summed E-state index contributed by atoms with van der Waals surface area (Å²) < 4.78 is 0. The molecule has 2 aliphatic heterocycles. The van der Waals surface area contributed by atoms with Crippen molar-refractivity contribution in [3.63, 3.8) is 0 Å². The Bertz CT molecular complexity index is 255. The van der Waals surface area contributed by atoms with E-state index in [0.29, 0.717) is 0 Å². The topological polar surface area (TPSA) is 66.5 Å². The fourth-order valence-electron chi connectivity index (χ4n) is 2.18. The second-order valence-electron chi connectivity index (χ2n) is 3.47. The summed E-state index contributed by atoms with van der Waals surface area (Å²) in [5.74, 6) is 1.69. The molecule has 3 heterocycles. The van der Waals surface area contributed by atoms with Gasteiger partial charge in [-0.15, -0.1) is 10.2 Å². The molecule has 0 unspecified atom stereocenters. The molecule has 3 fully saturated rings. The molecule has 11 heavy (non-hydrogen) atoms. The quantitative estimate of drug-likeness (QED) is 0.563. The van der Waals surface area contributed by atoms with Gasteiger partial charge in [0.15, 0.2) is 5.82 Å². The number of nitrogens with zero attached hydrogens (tertiary/aromatic N) is 3. The summed E-state index contributed by atoms with van der Waals surface area (Å²) in [6, 6.07) is 0. The minimum absolute atomic E-state index is 0.0949. The third-order valence-electron chi connectivity index (χ3n) is 2.78. The first-order valence-corrected chi connectivity index (χ1v) is 3.88. The average molecular weight is 151 g/mol. The number of rotatable bonds is 1. The number of hydrogen-bond acceptors (Lipinski definition) is 4. The normalized spacial score (nSPS) is 40.5. The second-order valence-corrected chi connectivity index (χ2v) is 3.47. The van der Waals surface area contributed by atoms with Gasteiger partial charge in [0.2, 0.25) is 0 Å². The van der Waals surface area contributed by atoms with E-state index in [0.717, 1.165) is 18.3 Å². The molecule has 2 N–H and O–H groups in total. The Balaban J connectivity index is 2.00. The van der Waals surface area contributed by atoms with Crippen molar-refractivity contribution < 1.29 is 0 Å². The van der Waals surface area contributed by atoms with E-state index in [1.165, 1.54) is 12.8 Å². The van der Waals surface area contributed by atoms with Crippen LogP contribution in [0.4, 0.5) is 0 Å². The Morgan fingerprint density at radius 2 is 2.36 bits per heavy atom. The first kappa shape index (κ1) is 5.65. The maximum atomic E-state index is 4.00. The fraction of sp³-hybridized carbons (Fsp3) is 0.833. The average Bonchev–Trinajstić information content (AvgIpc) is 2.59. The van der Waals surface area contributed by atoms with Gasteiger partial charge in [-0.05, 0) is 25.3 Å². The molecule has 0 amide bonds. The van der Waals surface area contributed by atoms with Crippen molar-refractivity contribution in [3.8, 4) is 0 Å². The molecule has 5 nitrogen and oxygen atoms in total. The Labute approximate surface area is 63.6 Å². The Morgan fingerprint density at radius 3 is 2.91 bits per heavy atom. The number of nitrogens with one attached hydrogen (secondary N) is 2. The van der Waals surface area contributed by atoms with Gasteiger partial charge in [-0.25, -0.2) is 0 Å². The lowest BCUT2D eigenvalue weighted by atomic mass is 9.73. The molecule has 2 saturated heterocycles. The van der Waals surface area contributed by atoms with E-state index < -0.39 is 0 Å². The van der Waals surface area contributed by atoms with Gasteiger partial charge in [0, 0.05) is 0 Å². The molecule has 0 aromatic carbocycles. The molecule has 0 spiro atoms. The fourth-order valence-corrected chi connectivity index (χ4v) is 2.18. The van der Waals surface area contributed by atoms with Gasteiger partial charge in [0.05, 0.1) is 5.54 Å². The van der Waals surface area contributed by atoms with E-state index in [1.807, 2.05) is 0 Å². The standard InChI is InChI=1S/C6H9N5/c1-4-2-6(1,7-3-4)5-8-10-11-9-5/h4,7H,1-3H2,(H,8,9,10,11). The summed E-state index contributed by atoms with van der Waals surface area (Å²) in [5, 5.41) is 17.5. The monoisotopic (exact) mass is 151 g/mol. The van der Waals surface area contributed by atoms with E-state index in [1.54, 1.807) is 0 Å². The SMILES string of the molecule is C1NC2(c3nn[nH]n3)CC1C2. The molecule has 4 rings (SSSR count). The number of aromatic nitrogens is 4. The lowest BCUT2D eigenvalue weighted by Crippen LogP contribution is -2.41. The molecule has 1 aromatic rings. The van der Waals surface area contributed by atoms with Crippen molar-refractivity contribution in [2.75, 3.05) is 6.54 Å². The molecule has 5 heteroatoms. The summed E-state index contributed by atoms with van der Waals surface area (Å²) >= 11 is 0. The summed E-state index contributed by atoms with van der Waals surface area (Å²) in [6.07, 6.45) is 2.37. The first-order valence-electron chi connectivity index (χ1n) is 3.88. The molecule has 2 bridgehead atoms. The van der Waals surface area contributed by atoms with Gasteiger partial charge >= 0.3 is 0 Å². The molecule has 1 aromatic heterocycles. The smallest absolute Gasteiger partial charge is 0.194 e. The van der Waals surface area contributed by atoms with Crippen LogP contribution in [0.5, 0.6) is 0 Å². The Kier molecular flexibility index (Phi) is 0.826. The Hall–Kier alpha value is -0.970. The highest BCUT2D eigenvalue weighted by atomic mass is 15.5. The lowest BCUT2D eigenvalue weighted by Gasteiger charge is -2.34. The minimum Gasteiger partial charge on any atom is -0.304 e. The van der Waals surface area contributed by atoms with Gasteiger partial charge in [-0.2, -0.15) is 5.21 Å². The summed E-state index contributed by atoms with van der Waals surface area (Å²) in [4.78, 5) is 0. The van der Waals surface area contributed by atoms with Crippen LogP contribution in [0, 0.1) is 5.92 Å². The summed E-state index contributed by atoms with van der Waals surface area (Å²) in [6.45, 7) is 1.12. The van der Waals surface area contributed by atoms with E-state index in [4.69, 9.17) is 0 Å². The van der Waals surface area contributed by atoms with E-state index in [-0.39, 0.29) is 5.54 Å². The van der Waals surface area contributed by atoms with Crippen LogP contribution >= 0.6 is 0 Å². The number of H-pyrrole nitrogens is 1. The lowest BCUT2D eigenvalue weighted by molar-refractivity contribution is 0.216. The molecule has 3 aliphatic rings. The van der Waals surface area contributed by atoms with Crippen LogP contribution in [0.25, 0.3) is 0 Å². The number of fused-ring (bicyclic) bond motifs is 1. The highest BCUT2D eigenvalue weighted by Crippen LogP contribution is 2.48. The van der Waals surface area contributed by atoms with Crippen molar-refractivity contribution in [2.24, 2.45) is 5.92 Å². The molecule has 1 aliphatic carbocycles. The zero-order valence-corrected chi connectivity index (χ0v) is 6.04.